The number of hydrogen-bond acceptors (Lipinski definition) is 3. The highest BCUT2D eigenvalue weighted by Crippen LogP contribution is 2.41. The van der Waals surface area contributed by atoms with E-state index in [0.717, 1.165) is 32.7 Å². The second-order valence-electron chi connectivity index (χ2n) is 7.55. The van der Waals surface area contributed by atoms with Crippen molar-refractivity contribution in [2.75, 3.05) is 10.6 Å². The van der Waals surface area contributed by atoms with Crippen LogP contribution in [0.2, 0.25) is 0 Å². The van der Waals surface area contributed by atoms with Crippen molar-refractivity contribution < 1.29 is 10.2 Å². The van der Waals surface area contributed by atoms with Crippen LogP contribution in [-0.2, 0) is 0 Å². The predicted molar refractivity (Wildman–Crippen MR) is 124 cm³/mol. The lowest BCUT2D eigenvalue weighted by Crippen LogP contribution is -2.21. The van der Waals surface area contributed by atoms with Crippen molar-refractivity contribution in [2.24, 2.45) is 0 Å². The van der Waals surface area contributed by atoms with Gasteiger partial charge >= 0.3 is 0 Å². The topological polar surface area (TPSA) is 88.4 Å². The molecule has 6 rings (SSSR count). The minimum absolute atomic E-state index is 0.0514. The number of hydrogen-bond donors (Lipinski definition) is 5. The first-order valence-electron chi connectivity index (χ1n) is 9.66. The van der Waals surface area contributed by atoms with Gasteiger partial charge in [0, 0.05) is 21.9 Å². The number of aliphatic hydroxyl groups excluding tert-OH is 2. The summed E-state index contributed by atoms with van der Waals surface area (Å²) in [4.78, 5) is 0. The third kappa shape index (κ3) is 2.26. The van der Waals surface area contributed by atoms with Crippen LogP contribution in [0.4, 0.5) is 11.4 Å². The molecule has 0 bridgehead atoms. The lowest BCUT2D eigenvalue weighted by Gasteiger charge is -2.16. The molecule has 0 amide bonds. The van der Waals surface area contributed by atoms with Crippen LogP contribution in [0.1, 0.15) is 22.3 Å². The molecule has 2 aliphatic carbocycles. The Kier molecular flexibility index (Phi) is 3.27. The molecule has 5 heteroatoms. The van der Waals surface area contributed by atoms with Crippen LogP contribution in [0.3, 0.4) is 0 Å². The van der Waals surface area contributed by atoms with Crippen LogP contribution in [0, 0.1) is 5.41 Å². The van der Waals surface area contributed by atoms with E-state index in [1.807, 2.05) is 60.7 Å². The van der Waals surface area contributed by atoms with Gasteiger partial charge in [0.1, 0.15) is 11.5 Å². The molecule has 0 aromatic heterocycles. The zero-order valence-electron chi connectivity index (χ0n) is 15.8. The normalized spacial score (nSPS) is 13.5. The molecule has 5 nitrogen and oxygen atoms in total. The van der Waals surface area contributed by atoms with E-state index in [9.17, 15) is 10.2 Å². The molecular formula is C25H17N3O2. The lowest BCUT2D eigenvalue weighted by atomic mass is 10.0. The number of rotatable bonds is 2. The van der Waals surface area contributed by atoms with Gasteiger partial charge in [-0.05, 0) is 46.2 Å². The van der Waals surface area contributed by atoms with Gasteiger partial charge in [-0.1, -0.05) is 48.5 Å². The quantitative estimate of drug-likeness (QED) is 0.208. The Morgan fingerprint density at radius 3 is 1.57 bits per heavy atom. The summed E-state index contributed by atoms with van der Waals surface area (Å²) in [6, 6.07) is 19.5. The van der Waals surface area contributed by atoms with Crippen LogP contribution in [0.5, 0.6) is 0 Å². The molecule has 0 aliphatic heterocycles. The third-order valence-corrected chi connectivity index (χ3v) is 5.77. The van der Waals surface area contributed by atoms with Gasteiger partial charge in [-0.3, -0.25) is 5.41 Å². The van der Waals surface area contributed by atoms with Crippen molar-refractivity contribution in [3.63, 3.8) is 0 Å². The predicted octanol–water partition coefficient (Wildman–Crippen LogP) is 6.19. The molecule has 0 radical (unpaired) electrons. The fraction of sp³-hybridized carbons (Fsp3) is 0. The number of nitrogens with one attached hydrogen (secondary N) is 3. The van der Waals surface area contributed by atoms with Crippen LogP contribution < -0.4 is 10.6 Å². The summed E-state index contributed by atoms with van der Waals surface area (Å²) in [6.07, 6.45) is 3.49. The summed E-state index contributed by atoms with van der Waals surface area (Å²) >= 11 is 0. The fourth-order valence-corrected chi connectivity index (χ4v) is 4.54. The number of anilines is 2. The van der Waals surface area contributed by atoms with E-state index in [0.29, 0.717) is 22.5 Å². The highest BCUT2D eigenvalue weighted by atomic mass is 16.3. The second-order valence-corrected chi connectivity index (χ2v) is 7.55. The van der Waals surface area contributed by atoms with E-state index in [-0.39, 0.29) is 17.5 Å². The molecule has 0 spiro atoms. The van der Waals surface area contributed by atoms with Crippen LogP contribution in [0.25, 0.3) is 45.2 Å². The zero-order valence-corrected chi connectivity index (χ0v) is 15.8. The standard InChI is InChI=1S/C25H17N3O2/c26-25(27-17-9-7-13-3-1-5-15-11-19(29)23(17)21(13)15)28-18-10-8-14-4-2-6-16-12-20(30)24(18)22(14)16/h1-12,29-30H,(H3,26,27,28). The Bertz CT molecular complexity index is 1370. The summed E-state index contributed by atoms with van der Waals surface area (Å²) in [5.74, 6) is 0.425. The van der Waals surface area contributed by atoms with E-state index in [1.54, 1.807) is 12.2 Å². The van der Waals surface area contributed by atoms with Crippen molar-refractivity contribution >= 4 is 62.5 Å². The molecule has 0 saturated heterocycles. The summed E-state index contributed by atoms with van der Waals surface area (Å²) in [5, 5.41) is 39.6. The van der Waals surface area contributed by atoms with Crippen molar-refractivity contribution in [1.29, 1.82) is 5.41 Å². The van der Waals surface area contributed by atoms with E-state index in [2.05, 4.69) is 10.6 Å². The third-order valence-electron chi connectivity index (χ3n) is 5.77. The molecule has 144 valence electrons. The molecule has 30 heavy (non-hydrogen) atoms. The number of guanidine groups is 1. The molecule has 0 fully saturated rings. The maximum Gasteiger partial charge on any atom is 0.197 e. The van der Waals surface area contributed by atoms with E-state index in [4.69, 9.17) is 5.41 Å². The van der Waals surface area contributed by atoms with Crippen molar-refractivity contribution in [3.8, 4) is 0 Å². The zero-order chi connectivity index (χ0) is 20.4. The summed E-state index contributed by atoms with van der Waals surface area (Å²) < 4.78 is 0. The number of benzene rings is 4. The minimum atomic E-state index is 0.0514. The highest BCUT2D eigenvalue weighted by molar-refractivity contribution is 6.16. The van der Waals surface area contributed by atoms with Crippen molar-refractivity contribution in [3.05, 3.63) is 82.9 Å². The Balaban J connectivity index is 1.37. The van der Waals surface area contributed by atoms with Gasteiger partial charge in [0.2, 0.25) is 0 Å². The van der Waals surface area contributed by atoms with Gasteiger partial charge < -0.3 is 20.8 Å². The first-order chi connectivity index (χ1) is 14.6. The van der Waals surface area contributed by atoms with Crippen molar-refractivity contribution in [1.82, 2.24) is 0 Å². The summed E-state index contributed by atoms with van der Waals surface area (Å²) in [7, 11) is 0. The monoisotopic (exact) mass is 391 g/mol. The Morgan fingerprint density at radius 1 is 0.633 bits per heavy atom. The van der Waals surface area contributed by atoms with E-state index < -0.39 is 0 Å². The van der Waals surface area contributed by atoms with Crippen LogP contribution >= 0.6 is 0 Å². The van der Waals surface area contributed by atoms with Crippen molar-refractivity contribution in [2.45, 2.75) is 0 Å². The number of aliphatic hydroxyl groups is 2. The Morgan fingerprint density at radius 2 is 1.10 bits per heavy atom. The SMILES string of the molecule is N=C(Nc1ccc2cccc3c2c1C(O)=C3)Nc1ccc2cccc3c2c1C(O)=C3. The largest absolute Gasteiger partial charge is 0.507 e. The van der Waals surface area contributed by atoms with Crippen LogP contribution in [-0.4, -0.2) is 16.2 Å². The highest BCUT2D eigenvalue weighted by Gasteiger charge is 2.22. The fourth-order valence-electron chi connectivity index (χ4n) is 4.54. The molecule has 0 atom stereocenters. The first kappa shape index (κ1) is 16.7. The lowest BCUT2D eigenvalue weighted by molar-refractivity contribution is 0.517. The van der Waals surface area contributed by atoms with E-state index in [1.165, 1.54) is 0 Å². The Hall–Kier alpha value is -4.25. The first-order valence-corrected chi connectivity index (χ1v) is 9.66. The second kappa shape index (κ2) is 5.87. The smallest absolute Gasteiger partial charge is 0.197 e. The minimum Gasteiger partial charge on any atom is -0.507 e. The molecular weight excluding hydrogens is 374 g/mol. The van der Waals surface area contributed by atoms with Gasteiger partial charge in [-0.2, -0.15) is 0 Å². The molecule has 0 heterocycles. The summed E-state index contributed by atoms with van der Waals surface area (Å²) in [6.45, 7) is 0. The van der Waals surface area contributed by atoms with Gasteiger partial charge in [0.05, 0.1) is 11.4 Å². The van der Waals surface area contributed by atoms with Gasteiger partial charge in [0.25, 0.3) is 0 Å². The van der Waals surface area contributed by atoms with Gasteiger partial charge in [-0.25, -0.2) is 0 Å². The Labute approximate surface area is 172 Å². The average molecular weight is 391 g/mol. The molecule has 0 saturated carbocycles. The maximum atomic E-state index is 10.5. The van der Waals surface area contributed by atoms with Gasteiger partial charge in [0.15, 0.2) is 5.96 Å². The summed E-state index contributed by atoms with van der Waals surface area (Å²) in [5.41, 5.74) is 4.63. The molecule has 4 aromatic carbocycles. The average Bonchev–Trinajstić information content (AvgIpc) is 3.25. The van der Waals surface area contributed by atoms with Gasteiger partial charge in [-0.15, -0.1) is 0 Å². The van der Waals surface area contributed by atoms with Crippen LogP contribution in [0.15, 0.2) is 60.7 Å². The molecule has 0 unspecified atom stereocenters. The molecule has 2 aliphatic rings. The maximum absolute atomic E-state index is 10.5. The molecule has 5 N–H and O–H groups in total. The van der Waals surface area contributed by atoms with E-state index >= 15 is 0 Å². The molecule has 4 aromatic rings.